The first-order chi connectivity index (χ1) is 7.06. The van der Waals surface area contributed by atoms with E-state index in [0.717, 1.165) is 0 Å². The molecule has 5 heteroatoms. The number of aliphatic hydroxyl groups is 2. The number of benzene rings is 1. The molecule has 1 atom stereocenters. The molecule has 0 fully saturated rings. The first-order valence-corrected chi connectivity index (χ1v) is 6.28. The summed E-state index contributed by atoms with van der Waals surface area (Å²) < 4.78 is 23.3. The van der Waals surface area contributed by atoms with Gasteiger partial charge in [0.05, 0.1) is 23.4 Å². The maximum Gasteiger partial charge on any atom is 0.178 e. The number of hydrogen-bond donors (Lipinski definition) is 2. The highest BCUT2D eigenvalue weighted by atomic mass is 32.2. The number of hydrogen-bond acceptors (Lipinski definition) is 4. The van der Waals surface area contributed by atoms with Crippen LogP contribution in [-0.4, -0.2) is 37.1 Å². The Morgan fingerprint density at radius 3 is 2.33 bits per heavy atom. The molecule has 84 valence electrons. The summed E-state index contributed by atoms with van der Waals surface area (Å²) in [5.41, 5.74) is 0. The van der Waals surface area contributed by atoms with Gasteiger partial charge in [0, 0.05) is 0 Å². The lowest BCUT2D eigenvalue weighted by atomic mass is 10.3. The summed E-state index contributed by atoms with van der Waals surface area (Å²) in [5, 5.41) is 17.6. The summed E-state index contributed by atoms with van der Waals surface area (Å²) >= 11 is 0. The third-order valence-electron chi connectivity index (χ3n) is 2.03. The van der Waals surface area contributed by atoms with Gasteiger partial charge in [-0.15, -0.1) is 0 Å². The van der Waals surface area contributed by atoms with E-state index in [2.05, 4.69) is 0 Å². The highest BCUT2D eigenvalue weighted by Crippen LogP contribution is 2.11. The smallest absolute Gasteiger partial charge is 0.178 e. The van der Waals surface area contributed by atoms with Crippen LogP contribution in [0.2, 0.25) is 0 Å². The molecule has 1 rings (SSSR count). The predicted octanol–water partition coefficient (Wildman–Crippen LogP) is 0.204. The molecule has 0 radical (unpaired) electrons. The van der Waals surface area contributed by atoms with E-state index in [4.69, 9.17) is 10.2 Å². The average Bonchev–Trinajstić information content (AvgIpc) is 2.27. The van der Waals surface area contributed by atoms with Crippen LogP contribution in [-0.2, 0) is 9.84 Å². The molecule has 15 heavy (non-hydrogen) atoms. The van der Waals surface area contributed by atoms with E-state index < -0.39 is 22.5 Å². The Bertz CT molecular complexity index is 385. The fourth-order valence-corrected chi connectivity index (χ4v) is 2.52. The summed E-state index contributed by atoms with van der Waals surface area (Å²) in [5.74, 6) is -0.154. The molecule has 0 aliphatic carbocycles. The van der Waals surface area contributed by atoms with Gasteiger partial charge < -0.3 is 10.2 Å². The maximum atomic E-state index is 11.7. The Morgan fingerprint density at radius 1 is 1.20 bits per heavy atom. The molecule has 0 bridgehead atoms. The summed E-state index contributed by atoms with van der Waals surface area (Å²) in [6, 6.07) is 8.06. The zero-order valence-electron chi connectivity index (χ0n) is 8.20. The Morgan fingerprint density at radius 2 is 1.80 bits per heavy atom. The molecule has 0 heterocycles. The highest BCUT2D eigenvalue weighted by molar-refractivity contribution is 7.91. The minimum atomic E-state index is -3.34. The molecular formula is C10H14O4S. The molecule has 0 amide bonds. The fraction of sp³-hybridized carbons (Fsp3) is 0.400. The van der Waals surface area contributed by atoms with E-state index in [0.29, 0.717) is 0 Å². The zero-order valence-corrected chi connectivity index (χ0v) is 9.02. The first-order valence-electron chi connectivity index (χ1n) is 4.63. The second kappa shape index (κ2) is 5.25. The summed E-state index contributed by atoms with van der Waals surface area (Å²) in [6.45, 7) is -0.412. The van der Waals surface area contributed by atoms with Gasteiger partial charge in [0.2, 0.25) is 0 Å². The minimum absolute atomic E-state index is 0.0493. The average molecular weight is 230 g/mol. The summed E-state index contributed by atoms with van der Waals surface area (Å²) in [6.07, 6.45) is -0.920. The second-order valence-corrected chi connectivity index (χ2v) is 5.37. The van der Waals surface area contributed by atoms with Crippen molar-refractivity contribution in [3.05, 3.63) is 30.3 Å². The van der Waals surface area contributed by atoms with Gasteiger partial charge in [-0.3, -0.25) is 0 Å². The molecule has 0 unspecified atom stereocenters. The largest absolute Gasteiger partial charge is 0.394 e. The molecule has 1 aromatic rings. The molecule has 0 saturated carbocycles. The minimum Gasteiger partial charge on any atom is -0.394 e. The summed E-state index contributed by atoms with van der Waals surface area (Å²) in [4.78, 5) is 0.245. The van der Waals surface area contributed by atoms with Crippen LogP contribution >= 0.6 is 0 Å². The lowest BCUT2D eigenvalue weighted by Crippen LogP contribution is -2.18. The zero-order chi connectivity index (χ0) is 11.3. The van der Waals surface area contributed by atoms with Gasteiger partial charge in [-0.2, -0.15) is 0 Å². The molecular weight excluding hydrogens is 216 g/mol. The molecule has 0 aliphatic rings. The Labute approximate surface area is 89.1 Å². The van der Waals surface area contributed by atoms with Crippen LogP contribution in [0.25, 0.3) is 0 Å². The van der Waals surface area contributed by atoms with E-state index in [1.54, 1.807) is 18.2 Å². The fourth-order valence-electron chi connectivity index (χ4n) is 1.13. The number of aliphatic hydroxyl groups excluding tert-OH is 2. The maximum absolute atomic E-state index is 11.7. The van der Waals surface area contributed by atoms with Crippen molar-refractivity contribution in [2.24, 2.45) is 0 Å². The van der Waals surface area contributed by atoms with Crippen molar-refractivity contribution in [3.63, 3.8) is 0 Å². The van der Waals surface area contributed by atoms with E-state index in [1.165, 1.54) is 12.1 Å². The lowest BCUT2D eigenvalue weighted by Gasteiger charge is -2.07. The Balaban J connectivity index is 2.69. The van der Waals surface area contributed by atoms with Crippen molar-refractivity contribution in [2.75, 3.05) is 12.4 Å². The normalized spacial score (nSPS) is 13.7. The van der Waals surface area contributed by atoms with Crippen LogP contribution in [0.3, 0.4) is 0 Å². The molecule has 2 N–H and O–H groups in total. The lowest BCUT2D eigenvalue weighted by molar-refractivity contribution is 0.0928. The Kier molecular flexibility index (Phi) is 4.26. The van der Waals surface area contributed by atoms with Crippen LogP contribution in [0.15, 0.2) is 35.2 Å². The molecule has 0 aromatic heterocycles. The van der Waals surface area contributed by atoms with Gasteiger partial charge in [0.15, 0.2) is 9.84 Å². The molecule has 0 aliphatic heterocycles. The number of sulfone groups is 1. The van der Waals surface area contributed by atoms with Crippen molar-refractivity contribution in [2.45, 2.75) is 17.4 Å². The third-order valence-corrected chi connectivity index (χ3v) is 3.80. The van der Waals surface area contributed by atoms with E-state index in [1.807, 2.05) is 0 Å². The quantitative estimate of drug-likeness (QED) is 0.758. The topological polar surface area (TPSA) is 74.6 Å². The van der Waals surface area contributed by atoms with Gasteiger partial charge in [-0.05, 0) is 18.6 Å². The van der Waals surface area contributed by atoms with Gasteiger partial charge >= 0.3 is 0 Å². The highest BCUT2D eigenvalue weighted by Gasteiger charge is 2.15. The first kappa shape index (κ1) is 12.2. The van der Waals surface area contributed by atoms with Gasteiger partial charge in [0.25, 0.3) is 0 Å². The standard InChI is InChI=1S/C10H14O4S/c11-8-9(12)6-7-15(13,14)10-4-2-1-3-5-10/h1-5,9,11-12H,6-8H2/t9-/m1/s1. The van der Waals surface area contributed by atoms with Gasteiger partial charge in [-0.1, -0.05) is 18.2 Å². The summed E-state index contributed by atoms with van der Waals surface area (Å²) in [7, 11) is -3.34. The number of rotatable bonds is 5. The van der Waals surface area contributed by atoms with E-state index in [-0.39, 0.29) is 17.1 Å². The van der Waals surface area contributed by atoms with Crippen molar-refractivity contribution in [3.8, 4) is 0 Å². The van der Waals surface area contributed by atoms with Crippen molar-refractivity contribution in [1.29, 1.82) is 0 Å². The van der Waals surface area contributed by atoms with Gasteiger partial charge in [-0.25, -0.2) is 8.42 Å². The molecule has 4 nitrogen and oxygen atoms in total. The van der Waals surface area contributed by atoms with Gasteiger partial charge in [0.1, 0.15) is 0 Å². The predicted molar refractivity (Wildman–Crippen MR) is 56.2 cm³/mol. The van der Waals surface area contributed by atoms with Crippen molar-refractivity contribution >= 4 is 9.84 Å². The van der Waals surface area contributed by atoms with E-state index in [9.17, 15) is 8.42 Å². The monoisotopic (exact) mass is 230 g/mol. The van der Waals surface area contributed by atoms with Crippen LogP contribution in [0.1, 0.15) is 6.42 Å². The Hall–Kier alpha value is -0.910. The second-order valence-electron chi connectivity index (χ2n) is 3.26. The van der Waals surface area contributed by atoms with Crippen LogP contribution in [0, 0.1) is 0 Å². The SMILES string of the molecule is O=S(=O)(CC[C@@H](O)CO)c1ccccc1. The van der Waals surface area contributed by atoms with Crippen LogP contribution in [0.5, 0.6) is 0 Å². The van der Waals surface area contributed by atoms with Crippen LogP contribution in [0.4, 0.5) is 0 Å². The van der Waals surface area contributed by atoms with Crippen molar-refractivity contribution < 1.29 is 18.6 Å². The molecule has 0 saturated heterocycles. The van der Waals surface area contributed by atoms with Crippen LogP contribution < -0.4 is 0 Å². The van der Waals surface area contributed by atoms with Crippen molar-refractivity contribution in [1.82, 2.24) is 0 Å². The third kappa shape index (κ3) is 3.62. The van der Waals surface area contributed by atoms with E-state index >= 15 is 0 Å². The molecule has 1 aromatic carbocycles. The molecule has 0 spiro atoms.